The molecule has 2 aliphatic rings. The summed E-state index contributed by atoms with van der Waals surface area (Å²) in [6.07, 6.45) is 10.9. The molecular weight excluding hydrogens is 226 g/mol. The Bertz CT molecular complexity index is 222. The molecule has 1 aliphatic carbocycles. The van der Waals surface area contributed by atoms with Crippen LogP contribution in [0.5, 0.6) is 0 Å². The molecule has 0 aromatic carbocycles. The van der Waals surface area contributed by atoms with Crippen LogP contribution in [0, 0.1) is 0 Å². The second kappa shape index (κ2) is 6.35. The van der Waals surface area contributed by atoms with E-state index in [1.165, 1.54) is 57.4 Å². The molecule has 1 heterocycles. The molecule has 1 aliphatic heterocycles. The van der Waals surface area contributed by atoms with Gasteiger partial charge in [-0.2, -0.15) is 0 Å². The highest BCUT2D eigenvalue weighted by atomic mass is 28.3. The lowest BCUT2D eigenvalue weighted by Crippen LogP contribution is -2.56. The van der Waals surface area contributed by atoms with Gasteiger partial charge < -0.3 is 9.74 Å². The first-order valence-electron chi connectivity index (χ1n) is 7.50. The van der Waals surface area contributed by atoms with Crippen LogP contribution in [-0.4, -0.2) is 26.9 Å². The maximum absolute atomic E-state index is 6.06. The summed E-state index contributed by atoms with van der Waals surface area (Å²) in [6, 6.07) is 1.35. The average molecular weight is 254 g/mol. The molecule has 2 nitrogen and oxygen atoms in total. The molecule has 17 heavy (non-hydrogen) atoms. The van der Waals surface area contributed by atoms with Gasteiger partial charge in [0.05, 0.1) is 0 Å². The van der Waals surface area contributed by atoms with Crippen LogP contribution in [0.1, 0.15) is 65.2 Å². The van der Waals surface area contributed by atoms with Gasteiger partial charge >= 0.3 is 0 Å². The van der Waals surface area contributed by atoms with Gasteiger partial charge in [-0.25, -0.2) is 0 Å². The van der Waals surface area contributed by atoms with Crippen LogP contribution in [0.15, 0.2) is 0 Å². The first kappa shape index (κ1) is 13.6. The van der Waals surface area contributed by atoms with Crippen molar-refractivity contribution < 1.29 is 4.43 Å². The van der Waals surface area contributed by atoms with Gasteiger partial charge in [0.25, 0.3) is 0 Å². The molecule has 3 heteroatoms. The summed E-state index contributed by atoms with van der Waals surface area (Å²) in [6.45, 7) is 5.77. The Hall–Kier alpha value is 0.137. The van der Waals surface area contributed by atoms with Gasteiger partial charge in [-0.05, 0) is 38.7 Å². The minimum Gasteiger partial charge on any atom is -0.415 e. The van der Waals surface area contributed by atoms with Crippen molar-refractivity contribution in [2.24, 2.45) is 0 Å². The van der Waals surface area contributed by atoms with E-state index >= 15 is 0 Å². The molecule has 0 amide bonds. The van der Waals surface area contributed by atoms with Gasteiger partial charge in [-0.15, -0.1) is 0 Å². The molecule has 2 fully saturated rings. The lowest BCUT2D eigenvalue weighted by Gasteiger charge is -2.40. The Morgan fingerprint density at radius 1 is 1.18 bits per heavy atom. The Kier molecular flexibility index (Phi) is 5.06. The summed E-state index contributed by atoms with van der Waals surface area (Å²) < 4.78 is 6.06. The van der Waals surface area contributed by atoms with Gasteiger partial charge in [-0.3, -0.25) is 0 Å². The fraction of sp³-hybridized carbons (Fsp3) is 1.00. The Morgan fingerprint density at radius 2 is 1.94 bits per heavy atom. The quantitative estimate of drug-likeness (QED) is 0.776. The molecule has 0 aromatic heterocycles. The maximum atomic E-state index is 6.06. The monoisotopic (exact) mass is 254 g/mol. The zero-order valence-corrected chi connectivity index (χ0v) is 12.6. The van der Waals surface area contributed by atoms with Crippen molar-refractivity contribution in [1.82, 2.24) is 5.32 Å². The SMILES string of the molecule is CCC(NC1(C)CCCCC1)[Si]1CCCCO1. The van der Waals surface area contributed by atoms with Crippen LogP contribution in [-0.2, 0) is 4.43 Å². The molecule has 1 saturated heterocycles. The molecule has 1 atom stereocenters. The van der Waals surface area contributed by atoms with Gasteiger partial charge in [-0.1, -0.05) is 32.6 Å². The van der Waals surface area contributed by atoms with Crippen molar-refractivity contribution >= 4 is 9.04 Å². The molecule has 0 bridgehead atoms. The van der Waals surface area contributed by atoms with Gasteiger partial charge in [0, 0.05) is 17.8 Å². The molecule has 1 unspecified atom stereocenters. The summed E-state index contributed by atoms with van der Waals surface area (Å²) in [5.74, 6) is 0. The van der Waals surface area contributed by atoms with E-state index in [1.807, 2.05) is 0 Å². The molecule has 99 valence electrons. The van der Waals surface area contributed by atoms with Crippen molar-refractivity contribution in [3.8, 4) is 0 Å². The molecule has 2 rings (SSSR count). The zero-order chi connectivity index (χ0) is 12.1. The van der Waals surface area contributed by atoms with E-state index in [4.69, 9.17) is 4.43 Å². The summed E-state index contributed by atoms with van der Waals surface area (Å²) in [4.78, 5) is 0. The molecule has 1 radical (unpaired) electrons. The Balaban J connectivity index is 1.88. The van der Waals surface area contributed by atoms with E-state index in [2.05, 4.69) is 19.2 Å². The Labute approximate surface area is 108 Å². The maximum Gasteiger partial charge on any atom is 0.228 e. The van der Waals surface area contributed by atoms with E-state index in [9.17, 15) is 0 Å². The fourth-order valence-corrected chi connectivity index (χ4v) is 5.92. The van der Waals surface area contributed by atoms with Crippen LogP contribution < -0.4 is 5.32 Å². The second-order valence-corrected chi connectivity index (χ2v) is 8.42. The first-order valence-corrected chi connectivity index (χ1v) is 9.19. The minimum absolute atomic E-state index is 0.400. The van der Waals surface area contributed by atoms with E-state index < -0.39 is 9.04 Å². The summed E-state index contributed by atoms with van der Waals surface area (Å²) in [5, 5.41) is 3.97. The summed E-state index contributed by atoms with van der Waals surface area (Å²) in [5.41, 5.74) is 1.07. The van der Waals surface area contributed by atoms with Gasteiger partial charge in [0.15, 0.2) is 0 Å². The molecule has 1 saturated carbocycles. The molecular formula is C14H28NOSi. The third kappa shape index (κ3) is 3.80. The van der Waals surface area contributed by atoms with Gasteiger partial charge in [0.1, 0.15) is 0 Å². The van der Waals surface area contributed by atoms with Crippen LogP contribution in [0.3, 0.4) is 0 Å². The van der Waals surface area contributed by atoms with Crippen molar-refractivity contribution in [1.29, 1.82) is 0 Å². The highest BCUT2D eigenvalue weighted by Crippen LogP contribution is 2.29. The highest BCUT2D eigenvalue weighted by molar-refractivity contribution is 6.53. The largest absolute Gasteiger partial charge is 0.415 e. The minimum atomic E-state index is -0.585. The highest BCUT2D eigenvalue weighted by Gasteiger charge is 2.34. The van der Waals surface area contributed by atoms with Crippen LogP contribution in [0.2, 0.25) is 6.04 Å². The van der Waals surface area contributed by atoms with Crippen molar-refractivity contribution in [3.63, 3.8) is 0 Å². The van der Waals surface area contributed by atoms with E-state index in [1.54, 1.807) is 0 Å². The first-order chi connectivity index (χ1) is 8.23. The summed E-state index contributed by atoms with van der Waals surface area (Å²) >= 11 is 0. The van der Waals surface area contributed by atoms with Gasteiger partial charge in [0.2, 0.25) is 9.04 Å². The van der Waals surface area contributed by atoms with Crippen molar-refractivity contribution in [3.05, 3.63) is 0 Å². The van der Waals surface area contributed by atoms with Crippen LogP contribution >= 0.6 is 0 Å². The van der Waals surface area contributed by atoms with E-state index in [0.29, 0.717) is 11.2 Å². The van der Waals surface area contributed by atoms with Crippen molar-refractivity contribution in [2.45, 2.75) is 82.5 Å². The standard InChI is InChI=1S/C14H28NOSi/c1-3-13(17-12-8-7-11-16-17)15-14(2)9-5-4-6-10-14/h13,15H,3-12H2,1-2H3. The van der Waals surface area contributed by atoms with E-state index in [-0.39, 0.29) is 0 Å². The third-order valence-corrected chi connectivity index (χ3v) is 7.13. The van der Waals surface area contributed by atoms with E-state index in [0.717, 1.165) is 6.61 Å². The number of hydrogen-bond donors (Lipinski definition) is 1. The second-order valence-electron chi connectivity index (χ2n) is 6.00. The molecule has 0 aromatic rings. The fourth-order valence-electron chi connectivity index (χ4n) is 3.26. The van der Waals surface area contributed by atoms with Crippen molar-refractivity contribution in [2.75, 3.05) is 6.61 Å². The predicted octanol–water partition coefficient (Wildman–Crippen LogP) is 3.42. The third-order valence-electron chi connectivity index (χ3n) is 4.38. The lowest BCUT2D eigenvalue weighted by atomic mass is 9.83. The van der Waals surface area contributed by atoms with Crippen LogP contribution in [0.25, 0.3) is 0 Å². The Morgan fingerprint density at radius 3 is 2.53 bits per heavy atom. The molecule has 0 spiro atoms. The van der Waals surface area contributed by atoms with Crippen LogP contribution in [0.4, 0.5) is 0 Å². The normalized spacial score (nSPS) is 27.9. The number of rotatable bonds is 4. The molecule has 1 N–H and O–H groups in total. The summed E-state index contributed by atoms with van der Waals surface area (Å²) in [7, 11) is -0.585. The smallest absolute Gasteiger partial charge is 0.228 e. The number of nitrogens with one attached hydrogen (secondary N) is 1. The lowest BCUT2D eigenvalue weighted by molar-refractivity contribution is 0.221. The predicted molar refractivity (Wildman–Crippen MR) is 74.5 cm³/mol. The number of hydrogen-bond acceptors (Lipinski definition) is 2. The topological polar surface area (TPSA) is 21.3 Å². The zero-order valence-electron chi connectivity index (χ0n) is 11.6. The average Bonchev–Trinajstić information content (AvgIpc) is 2.38.